The van der Waals surface area contributed by atoms with E-state index >= 15 is 0 Å². The van der Waals surface area contributed by atoms with Crippen molar-refractivity contribution in [3.63, 3.8) is 0 Å². The lowest BCUT2D eigenvalue weighted by Gasteiger charge is -2.30. The van der Waals surface area contributed by atoms with Gasteiger partial charge in [0.2, 0.25) is 0 Å². The maximum Gasteiger partial charge on any atom is 0.171 e. The topological polar surface area (TPSA) is 42.5 Å². The van der Waals surface area contributed by atoms with Gasteiger partial charge in [-0.15, -0.1) is 0 Å². The maximum atomic E-state index is 5.52. The van der Waals surface area contributed by atoms with Gasteiger partial charge in [0.25, 0.3) is 0 Å². The molecule has 0 spiro atoms. The molecule has 1 fully saturated rings. The molecule has 1 aromatic carbocycles. The van der Waals surface area contributed by atoms with Crippen LogP contribution in [0.25, 0.3) is 0 Å². The molecule has 2 atom stereocenters. The van der Waals surface area contributed by atoms with Crippen molar-refractivity contribution in [3.8, 4) is 11.5 Å². The Morgan fingerprint density at radius 2 is 2.05 bits per heavy atom. The van der Waals surface area contributed by atoms with E-state index in [2.05, 4.69) is 17.6 Å². The van der Waals surface area contributed by atoms with Crippen molar-refractivity contribution >= 4 is 23.0 Å². The highest BCUT2D eigenvalue weighted by atomic mass is 32.1. The normalized spacial score (nSPS) is 21.0. The molecular weight excluding hydrogens is 296 g/mol. The van der Waals surface area contributed by atoms with E-state index in [-0.39, 0.29) is 0 Å². The highest BCUT2D eigenvalue weighted by Crippen LogP contribution is 2.30. The smallest absolute Gasteiger partial charge is 0.171 e. The Balaban J connectivity index is 1.96. The van der Waals surface area contributed by atoms with Gasteiger partial charge < -0.3 is 20.1 Å². The molecule has 2 rings (SSSR count). The van der Waals surface area contributed by atoms with E-state index in [1.165, 1.54) is 25.7 Å². The van der Waals surface area contributed by atoms with Crippen LogP contribution in [0.4, 0.5) is 5.69 Å². The van der Waals surface area contributed by atoms with Crippen LogP contribution in [0.1, 0.15) is 39.5 Å². The Hall–Kier alpha value is -1.49. The van der Waals surface area contributed by atoms with Gasteiger partial charge in [-0.25, -0.2) is 0 Å². The number of ether oxygens (including phenoxy) is 2. The summed E-state index contributed by atoms with van der Waals surface area (Å²) in [6, 6.07) is 6.23. The van der Waals surface area contributed by atoms with Crippen LogP contribution in [0.3, 0.4) is 0 Å². The van der Waals surface area contributed by atoms with E-state index in [0.717, 1.165) is 11.4 Å². The van der Waals surface area contributed by atoms with E-state index in [4.69, 9.17) is 21.7 Å². The van der Waals surface area contributed by atoms with Crippen LogP contribution in [0, 0.1) is 5.92 Å². The molecule has 0 aliphatic heterocycles. The molecular formula is C17H26N2O2S. The van der Waals surface area contributed by atoms with E-state index in [1.54, 1.807) is 7.11 Å². The van der Waals surface area contributed by atoms with Crippen LogP contribution in [-0.4, -0.2) is 24.9 Å². The summed E-state index contributed by atoms with van der Waals surface area (Å²) in [6.45, 7) is 4.86. The van der Waals surface area contributed by atoms with Crippen molar-refractivity contribution in [2.24, 2.45) is 5.92 Å². The average molecular weight is 322 g/mol. The lowest BCUT2D eigenvalue weighted by molar-refractivity contribution is 0.309. The van der Waals surface area contributed by atoms with Crippen LogP contribution in [0.2, 0.25) is 0 Å². The number of rotatable bonds is 5. The largest absolute Gasteiger partial charge is 0.493 e. The molecule has 1 aliphatic rings. The van der Waals surface area contributed by atoms with Gasteiger partial charge in [-0.05, 0) is 50.0 Å². The predicted molar refractivity (Wildman–Crippen MR) is 94.9 cm³/mol. The fourth-order valence-electron chi connectivity index (χ4n) is 2.89. The zero-order valence-corrected chi connectivity index (χ0v) is 14.5. The van der Waals surface area contributed by atoms with Crippen molar-refractivity contribution in [2.75, 3.05) is 19.0 Å². The minimum absolute atomic E-state index is 0.471. The molecule has 0 bridgehead atoms. The first kappa shape index (κ1) is 16.9. The third kappa shape index (κ3) is 4.50. The molecule has 0 saturated heterocycles. The quantitative estimate of drug-likeness (QED) is 0.803. The van der Waals surface area contributed by atoms with Crippen molar-refractivity contribution in [3.05, 3.63) is 18.2 Å². The standard InChI is InChI=1S/C17H26N2O2S/c1-4-21-15-10-9-13(11-16(15)20-3)18-17(22)19-14-8-6-5-7-12(14)2/h9-12,14H,4-8H2,1-3H3,(H2,18,19,22)/t12-,14-/m1/s1. The summed E-state index contributed by atoms with van der Waals surface area (Å²) in [5.41, 5.74) is 0.904. The zero-order chi connectivity index (χ0) is 15.9. The summed E-state index contributed by atoms with van der Waals surface area (Å²) >= 11 is 5.44. The first-order valence-electron chi connectivity index (χ1n) is 8.02. The first-order valence-corrected chi connectivity index (χ1v) is 8.43. The van der Waals surface area contributed by atoms with E-state index in [9.17, 15) is 0 Å². The highest BCUT2D eigenvalue weighted by Gasteiger charge is 2.21. The van der Waals surface area contributed by atoms with E-state index in [1.807, 2.05) is 25.1 Å². The van der Waals surface area contributed by atoms with E-state index in [0.29, 0.717) is 29.4 Å². The highest BCUT2D eigenvalue weighted by molar-refractivity contribution is 7.80. The molecule has 0 unspecified atom stereocenters. The minimum Gasteiger partial charge on any atom is -0.493 e. The Bertz CT molecular complexity index is 507. The van der Waals surface area contributed by atoms with Crippen LogP contribution in [0.15, 0.2) is 18.2 Å². The Kier molecular flexibility index (Phi) is 6.31. The van der Waals surface area contributed by atoms with Gasteiger partial charge in [0.1, 0.15) is 0 Å². The van der Waals surface area contributed by atoms with Gasteiger partial charge in [0.15, 0.2) is 16.6 Å². The van der Waals surface area contributed by atoms with Crippen LogP contribution < -0.4 is 20.1 Å². The summed E-state index contributed by atoms with van der Waals surface area (Å²) in [6.07, 6.45) is 5.07. The molecule has 4 nitrogen and oxygen atoms in total. The predicted octanol–water partition coefficient (Wildman–Crippen LogP) is 3.96. The molecule has 5 heteroatoms. The molecule has 1 aromatic rings. The monoisotopic (exact) mass is 322 g/mol. The third-order valence-corrected chi connectivity index (χ3v) is 4.37. The lowest BCUT2D eigenvalue weighted by atomic mass is 9.86. The van der Waals surface area contributed by atoms with Crippen LogP contribution in [-0.2, 0) is 0 Å². The number of hydrogen-bond donors (Lipinski definition) is 2. The summed E-state index contributed by atoms with van der Waals surface area (Å²) in [5.74, 6) is 2.12. The minimum atomic E-state index is 0.471. The number of benzene rings is 1. The van der Waals surface area contributed by atoms with Crippen molar-refractivity contribution < 1.29 is 9.47 Å². The molecule has 22 heavy (non-hydrogen) atoms. The third-order valence-electron chi connectivity index (χ3n) is 4.15. The molecule has 1 saturated carbocycles. The second-order valence-electron chi connectivity index (χ2n) is 5.77. The van der Waals surface area contributed by atoms with Crippen LogP contribution >= 0.6 is 12.2 Å². The van der Waals surface area contributed by atoms with Crippen molar-refractivity contribution in [2.45, 2.75) is 45.6 Å². The van der Waals surface area contributed by atoms with Crippen LogP contribution in [0.5, 0.6) is 11.5 Å². The van der Waals surface area contributed by atoms with Gasteiger partial charge >= 0.3 is 0 Å². The fourth-order valence-corrected chi connectivity index (χ4v) is 3.16. The SMILES string of the molecule is CCOc1ccc(NC(=S)N[C@@H]2CCCC[C@H]2C)cc1OC. The molecule has 0 heterocycles. The number of nitrogens with one attached hydrogen (secondary N) is 2. The molecule has 2 N–H and O–H groups in total. The molecule has 0 aromatic heterocycles. The Morgan fingerprint density at radius 3 is 2.73 bits per heavy atom. The van der Waals surface area contributed by atoms with Crippen molar-refractivity contribution in [1.29, 1.82) is 0 Å². The average Bonchev–Trinajstić information content (AvgIpc) is 2.51. The summed E-state index contributed by atoms with van der Waals surface area (Å²) in [5, 5.41) is 7.35. The summed E-state index contributed by atoms with van der Waals surface area (Å²) in [7, 11) is 1.64. The second kappa shape index (κ2) is 8.22. The first-order chi connectivity index (χ1) is 10.6. The van der Waals surface area contributed by atoms with Gasteiger partial charge in [0, 0.05) is 17.8 Å². The Labute approximate surface area is 138 Å². The number of anilines is 1. The van der Waals surface area contributed by atoms with Gasteiger partial charge in [0.05, 0.1) is 13.7 Å². The summed E-state index contributed by atoms with van der Waals surface area (Å²) in [4.78, 5) is 0. The fraction of sp³-hybridized carbons (Fsp3) is 0.588. The van der Waals surface area contributed by atoms with Gasteiger partial charge in [-0.2, -0.15) is 0 Å². The number of methoxy groups -OCH3 is 1. The zero-order valence-electron chi connectivity index (χ0n) is 13.6. The number of thiocarbonyl (C=S) groups is 1. The molecule has 0 amide bonds. The molecule has 122 valence electrons. The van der Waals surface area contributed by atoms with E-state index < -0.39 is 0 Å². The van der Waals surface area contributed by atoms with Crippen molar-refractivity contribution in [1.82, 2.24) is 5.32 Å². The Morgan fingerprint density at radius 1 is 1.27 bits per heavy atom. The molecule has 1 aliphatic carbocycles. The second-order valence-corrected chi connectivity index (χ2v) is 6.17. The lowest BCUT2D eigenvalue weighted by Crippen LogP contribution is -2.43. The number of hydrogen-bond acceptors (Lipinski definition) is 3. The van der Waals surface area contributed by atoms with Gasteiger partial charge in [-0.3, -0.25) is 0 Å². The summed E-state index contributed by atoms with van der Waals surface area (Å²) < 4.78 is 10.9. The molecule has 0 radical (unpaired) electrons. The maximum absolute atomic E-state index is 5.52. The van der Waals surface area contributed by atoms with Gasteiger partial charge in [-0.1, -0.05) is 19.8 Å².